The van der Waals surface area contributed by atoms with Crippen LogP contribution in [0.4, 0.5) is 5.69 Å². The fourth-order valence-corrected chi connectivity index (χ4v) is 3.84. The summed E-state index contributed by atoms with van der Waals surface area (Å²) < 4.78 is 22.1. The van der Waals surface area contributed by atoms with Gasteiger partial charge >= 0.3 is 0 Å². The van der Waals surface area contributed by atoms with Gasteiger partial charge in [-0.2, -0.15) is 0 Å². The van der Waals surface area contributed by atoms with Gasteiger partial charge in [0.2, 0.25) is 0 Å². The van der Waals surface area contributed by atoms with Crippen LogP contribution in [0, 0.1) is 0 Å². The normalized spacial score (nSPS) is 12.3. The Bertz CT molecular complexity index is 1350. The molecule has 2 heterocycles. The molecule has 7 nitrogen and oxygen atoms in total. The molecule has 0 radical (unpaired) electrons. The average Bonchev–Trinajstić information content (AvgIpc) is 2.87. The van der Waals surface area contributed by atoms with Crippen molar-refractivity contribution in [2.75, 3.05) is 32.8 Å². The van der Waals surface area contributed by atoms with Gasteiger partial charge < -0.3 is 24.3 Å². The van der Waals surface area contributed by atoms with E-state index in [4.69, 9.17) is 23.9 Å². The minimum absolute atomic E-state index is 0.256. The molecule has 1 N–H and O–H groups in total. The predicted molar refractivity (Wildman–Crippen MR) is 126 cm³/mol. The average molecular weight is 442 g/mol. The van der Waals surface area contributed by atoms with Crippen molar-refractivity contribution in [1.82, 2.24) is 4.98 Å². The van der Waals surface area contributed by atoms with Gasteiger partial charge in [-0.15, -0.1) is 0 Å². The number of nitrogens with one attached hydrogen (secondary N) is 1. The number of hydrogen-bond donors (Lipinski definition) is 1. The van der Waals surface area contributed by atoms with Crippen molar-refractivity contribution in [2.24, 2.45) is 0 Å². The first-order valence-electron chi connectivity index (χ1n) is 10.5. The molecule has 0 unspecified atom stereocenters. The molecule has 3 aromatic carbocycles. The summed E-state index contributed by atoms with van der Waals surface area (Å²) in [5, 5.41) is 3.72. The number of amides is 1. The Balaban J connectivity index is 1.58. The van der Waals surface area contributed by atoms with Gasteiger partial charge in [0.1, 0.15) is 24.7 Å². The highest BCUT2D eigenvalue weighted by atomic mass is 16.6. The Hall–Kier alpha value is -4.26. The van der Waals surface area contributed by atoms with Crippen molar-refractivity contribution in [3.05, 3.63) is 72.3 Å². The summed E-state index contributed by atoms with van der Waals surface area (Å²) in [6.45, 7) is 0.989. The fourth-order valence-electron chi connectivity index (χ4n) is 3.84. The second kappa shape index (κ2) is 8.70. The Morgan fingerprint density at radius 1 is 0.909 bits per heavy atom. The van der Waals surface area contributed by atoms with Gasteiger partial charge in [0.05, 0.1) is 31.0 Å². The van der Waals surface area contributed by atoms with Crippen LogP contribution in [0.2, 0.25) is 0 Å². The zero-order valence-corrected chi connectivity index (χ0v) is 18.3. The summed E-state index contributed by atoms with van der Waals surface area (Å²) in [5.74, 6) is 2.33. The standard InChI is InChI=1S/C26H22N2O5/c1-30-17-8-10-23(31-2)20(14-17)22-15-19(18-5-3-4-6-21(18)28-22)26(29)27-16-7-9-24-25(13-16)33-12-11-32-24/h3-10,13-15H,11-12H2,1-2H3,(H,27,29). The van der Waals surface area contributed by atoms with Crippen LogP contribution in [0.25, 0.3) is 22.2 Å². The molecule has 1 aliphatic rings. The SMILES string of the molecule is COc1ccc(OC)c(-c2cc(C(=O)Nc3ccc4c(c3)OCCO4)c3ccccc3n2)c1. The minimum atomic E-state index is -0.256. The van der Waals surface area contributed by atoms with Crippen molar-refractivity contribution in [2.45, 2.75) is 0 Å². The van der Waals surface area contributed by atoms with Gasteiger partial charge in [-0.3, -0.25) is 4.79 Å². The van der Waals surface area contributed by atoms with E-state index in [2.05, 4.69) is 5.32 Å². The van der Waals surface area contributed by atoms with Crippen molar-refractivity contribution in [3.8, 4) is 34.3 Å². The first-order valence-corrected chi connectivity index (χ1v) is 10.5. The molecule has 4 aromatic rings. The lowest BCUT2D eigenvalue weighted by Gasteiger charge is -2.19. The summed E-state index contributed by atoms with van der Waals surface area (Å²) in [4.78, 5) is 18.2. The van der Waals surface area contributed by atoms with Crippen molar-refractivity contribution < 1.29 is 23.7 Å². The van der Waals surface area contributed by atoms with Gasteiger partial charge in [0.25, 0.3) is 5.91 Å². The van der Waals surface area contributed by atoms with E-state index in [1.807, 2.05) is 42.5 Å². The first-order chi connectivity index (χ1) is 16.2. The molecule has 0 spiro atoms. The summed E-state index contributed by atoms with van der Waals surface area (Å²) in [5.41, 5.74) is 3.15. The summed E-state index contributed by atoms with van der Waals surface area (Å²) in [7, 11) is 3.20. The molecule has 33 heavy (non-hydrogen) atoms. The third kappa shape index (κ3) is 4.01. The topological polar surface area (TPSA) is 78.9 Å². The zero-order chi connectivity index (χ0) is 22.8. The van der Waals surface area contributed by atoms with E-state index < -0.39 is 0 Å². The molecular weight excluding hydrogens is 420 g/mol. The van der Waals surface area contributed by atoms with E-state index in [-0.39, 0.29) is 5.91 Å². The molecule has 0 bridgehead atoms. The summed E-state index contributed by atoms with van der Waals surface area (Å²) in [6, 6.07) is 20.1. The van der Waals surface area contributed by atoms with E-state index >= 15 is 0 Å². The van der Waals surface area contributed by atoms with Gasteiger partial charge in [0, 0.05) is 22.7 Å². The highest BCUT2D eigenvalue weighted by Crippen LogP contribution is 2.35. The van der Waals surface area contributed by atoms with Crippen LogP contribution in [-0.4, -0.2) is 38.3 Å². The molecule has 0 atom stereocenters. The van der Waals surface area contributed by atoms with Gasteiger partial charge in [0.15, 0.2) is 11.5 Å². The molecule has 1 amide bonds. The second-order valence-corrected chi connectivity index (χ2v) is 7.45. The Labute approximate surface area is 190 Å². The molecular formula is C26H22N2O5. The molecule has 1 aromatic heterocycles. The second-order valence-electron chi connectivity index (χ2n) is 7.45. The lowest BCUT2D eigenvalue weighted by atomic mass is 10.0. The van der Waals surface area contributed by atoms with Crippen LogP contribution in [0.3, 0.4) is 0 Å². The largest absolute Gasteiger partial charge is 0.497 e. The zero-order valence-electron chi connectivity index (χ0n) is 18.3. The van der Waals surface area contributed by atoms with Crippen LogP contribution in [-0.2, 0) is 0 Å². The van der Waals surface area contributed by atoms with E-state index in [1.54, 1.807) is 38.5 Å². The van der Waals surface area contributed by atoms with E-state index in [1.165, 1.54) is 0 Å². The fraction of sp³-hybridized carbons (Fsp3) is 0.154. The quantitative estimate of drug-likeness (QED) is 0.472. The van der Waals surface area contributed by atoms with E-state index in [9.17, 15) is 4.79 Å². The molecule has 0 aliphatic carbocycles. The van der Waals surface area contributed by atoms with Crippen molar-refractivity contribution in [3.63, 3.8) is 0 Å². The lowest BCUT2D eigenvalue weighted by Crippen LogP contribution is -2.16. The predicted octanol–water partition coefficient (Wildman–Crippen LogP) is 4.94. The molecule has 1 aliphatic heterocycles. The molecule has 0 fully saturated rings. The number of aromatic nitrogens is 1. The maximum atomic E-state index is 13.4. The van der Waals surface area contributed by atoms with Crippen molar-refractivity contribution >= 4 is 22.5 Å². The Morgan fingerprint density at radius 2 is 1.73 bits per heavy atom. The van der Waals surface area contributed by atoms with Crippen LogP contribution in [0.15, 0.2) is 66.7 Å². The number of carbonyl (C=O) groups excluding carboxylic acids is 1. The molecule has 0 saturated carbocycles. The van der Waals surface area contributed by atoms with E-state index in [0.29, 0.717) is 58.7 Å². The first kappa shape index (κ1) is 20.6. The molecule has 5 rings (SSSR count). The molecule has 166 valence electrons. The maximum Gasteiger partial charge on any atom is 0.256 e. The number of pyridine rings is 1. The van der Waals surface area contributed by atoms with Crippen LogP contribution < -0.4 is 24.3 Å². The van der Waals surface area contributed by atoms with Crippen LogP contribution in [0.1, 0.15) is 10.4 Å². The highest BCUT2D eigenvalue weighted by Gasteiger charge is 2.18. The van der Waals surface area contributed by atoms with Gasteiger partial charge in [-0.05, 0) is 42.5 Å². The number of carbonyl (C=O) groups is 1. The lowest BCUT2D eigenvalue weighted by molar-refractivity contribution is 0.102. The molecule has 7 heteroatoms. The molecule has 0 saturated heterocycles. The maximum absolute atomic E-state index is 13.4. The van der Waals surface area contributed by atoms with Crippen LogP contribution in [0.5, 0.6) is 23.0 Å². The van der Waals surface area contributed by atoms with Crippen molar-refractivity contribution in [1.29, 1.82) is 0 Å². The number of benzene rings is 3. The number of ether oxygens (including phenoxy) is 4. The number of anilines is 1. The van der Waals surface area contributed by atoms with Crippen LogP contribution >= 0.6 is 0 Å². The number of hydrogen-bond acceptors (Lipinski definition) is 6. The van der Waals surface area contributed by atoms with Gasteiger partial charge in [-0.25, -0.2) is 4.98 Å². The number of para-hydroxylation sites is 1. The third-order valence-electron chi connectivity index (χ3n) is 5.44. The summed E-state index contributed by atoms with van der Waals surface area (Å²) in [6.07, 6.45) is 0. The monoisotopic (exact) mass is 442 g/mol. The minimum Gasteiger partial charge on any atom is -0.497 e. The van der Waals surface area contributed by atoms with Gasteiger partial charge in [-0.1, -0.05) is 18.2 Å². The summed E-state index contributed by atoms with van der Waals surface area (Å²) >= 11 is 0. The number of fused-ring (bicyclic) bond motifs is 2. The third-order valence-corrected chi connectivity index (χ3v) is 5.44. The Morgan fingerprint density at radius 3 is 2.55 bits per heavy atom. The van der Waals surface area contributed by atoms with E-state index in [0.717, 1.165) is 10.9 Å². The number of rotatable bonds is 5. The smallest absolute Gasteiger partial charge is 0.256 e. The Kier molecular flexibility index (Phi) is 5.44. The number of methoxy groups -OCH3 is 2. The number of nitrogens with zero attached hydrogens (tertiary/aromatic N) is 1. The highest BCUT2D eigenvalue weighted by molar-refractivity contribution is 6.13.